The first kappa shape index (κ1) is 23.7. The lowest BCUT2D eigenvalue weighted by Crippen LogP contribution is -2.37. The number of aliphatic hydroxyl groups is 1. The van der Waals surface area contributed by atoms with Crippen LogP contribution in [0, 0.1) is 6.92 Å². The zero-order valence-electron chi connectivity index (χ0n) is 20.2. The molecule has 3 aromatic carbocycles. The van der Waals surface area contributed by atoms with Crippen LogP contribution in [0.4, 0.5) is 0 Å². The number of amides is 1. The van der Waals surface area contributed by atoms with E-state index >= 15 is 0 Å². The quantitative estimate of drug-likeness (QED) is 0.269. The predicted molar refractivity (Wildman–Crippen MR) is 136 cm³/mol. The molecule has 184 valence electrons. The fourth-order valence-corrected chi connectivity index (χ4v) is 5.28. The molecule has 1 unspecified atom stereocenters. The molecule has 6 nitrogen and oxygen atoms in total. The van der Waals surface area contributed by atoms with E-state index in [1.54, 1.807) is 47.4 Å². The van der Waals surface area contributed by atoms with Gasteiger partial charge in [0, 0.05) is 11.6 Å². The summed E-state index contributed by atoms with van der Waals surface area (Å²) < 4.78 is 5.95. The van der Waals surface area contributed by atoms with Crippen LogP contribution in [0.5, 0.6) is 11.5 Å². The van der Waals surface area contributed by atoms with Gasteiger partial charge in [-0.3, -0.25) is 9.59 Å². The summed E-state index contributed by atoms with van der Waals surface area (Å²) in [7, 11) is 0. The maximum Gasteiger partial charge on any atom is 0.295 e. The smallest absolute Gasteiger partial charge is 0.295 e. The van der Waals surface area contributed by atoms with Gasteiger partial charge in [0.2, 0.25) is 0 Å². The number of carbonyl (C=O) groups excluding carboxylic acids is 2. The van der Waals surface area contributed by atoms with Gasteiger partial charge in [0.1, 0.15) is 23.9 Å². The first-order valence-electron chi connectivity index (χ1n) is 12.3. The Balaban J connectivity index is 1.52. The summed E-state index contributed by atoms with van der Waals surface area (Å²) in [6, 6.07) is 20.8. The van der Waals surface area contributed by atoms with Crippen molar-refractivity contribution in [2.24, 2.45) is 0 Å². The van der Waals surface area contributed by atoms with Crippen LogP contribution in [0.2, 0.25) is 0 Å². The molecule has 3 aromatic rings. The summed E-state index contributed by atoms with van der Waals surface area (Å²) in [5.74, 6) is -0.808. The number of aliphatic hydroxyl groups excluding tert-OH is 1. The monoisotopic (exact) mass is 483 g/mol. The summed E-state index contributed by atoms with van der Waals surface area (Å²) in [4.78, 5) is 28.1. The molecule has 2 N–H and O–H groups in total. The Morgan fingerprint density at radius 3 is 2.42 bits per heavy atom. The van der Waals surface area contributed by atoms with E-state index in [1.807, 2.05) is 37.3 Å². The molecule has 1 aliphatic carbocycles. The molecule has 2 aliphatic rings. The van der Waals surface area contributed by atoms with E-state index in [0.717, 1.165) is 36.8 Å². The highest BCUT2D eigenvalue weighted by Gasteiger charge is 2.49. The Morgan fingerprint density at radius 1 is 0.972 bits per heavy atom. The molecule has 1 saturated carbocycles. The van der Waals surface area contributed by atoms with Crippen molar-refractivity contribution in [1.82, 2.24) is 4.90 Å². The molecule has 1 atom stereocenters. The highest BCUT2D eigenvalue weighted by molar-refractivity contribution is 6.46. The van der Waals surface area contributed by atoms with Crippen molar-refractivity contribution >= 4 is 17.4 Å². The highest BCUT2D eigenvalue weighted by Crippen LogP contribution is 2.44. The topological polar surface area (TPSA) is 87.1 Å². The second-order valence-corrected chi connectivity index (χ2v) is 9.49. The second kappa shape index (κ2) is 9.90. The number of carbonyl (C=O) groups is 2. The summed E-state index contributed by atoms with van der Waals surface area (Å²) in [5, 5.41) is 21.5. The van der Waals surface area contributed by atoms with Crippen molar-refractivity contribution in [3.05, 3.63) is 101 Å². The molecule has 1 saturated heterocycles. The van der Waals surface area contributed by atoms with Crippen molar-refractivity contribution in [2.75, 3.05) is 0 Å². The molecule has 2 fully saturated rings. The normalized spacial score (nSPS) is 19.7. The third kappa shape index (κ3) is 4.47. The number of aryl methyl sites for hydroxylation is 1. The van der Waals surface area contributed by atoms with Gasteiger partial charge in [0.25, 0.3) is 11.7 Å². The number of phenols is 1. The number of ether oxygens (including phenoxy) is 1. The zero-order valence-corrected chi connectivity index (χ0v) is 20.2. The van der Waals surface area contributed by atoms with Crippen LogP contribution in [0.15, 0.2) is 78.4 Å². The summed E-state index contributed by atoms with van der Waals surface area (Å²) in [6.07, 6.45) is 3.61. The molecular weight excluding hydrogens is 454 g/mol. The summed E-state index contributed by atoms with van der Waals surface area (Å²) in [6.45, 7) is 2.29. The predicted octanol–water partition coefficient (Wildman–Crippen LogP) is 5.64. The lowest BCUT2D eigenvalue weighted by Gasteiger charge is -2.30. The largest absolute Gasteiger partial charge is 0.508 e. The van der Waals surface area contributed by atoms with Gasteiger partial charge in [-0.1, -0.05) is 55.3 Å². The Kier molecular flexibility index (Phi) is 6.51. The SMILES string of the molecule is Cc1cc(/C(O)=C2/C(=O)C(=O)N(C3CCCC3)C2c2cccc(O)c2)ccc1OCc1ccccc1. The van der Waals surface area contributed by atoms with Gasteiger partial charge in [-0.25, -0.2) is 0 Å². The van der Waals surface area contributed by atoms with Crippen molar-refractivity contribution < 1.29 is 24.5 Å². The molecule has 36 heavy (non-hydrogen) atoms. The van der Waals surface area contributed by atoms with Crippen molar-refractivity contribution in [3.63, 3.8) is 0 Å². The third-order valence-electron chi connectivity index (χ3n) is 7.07. The minimum absolute atomic E-state index is 0.0419. The van der Waals surface area contributed by atoms with Gasteiger partial charge < -0.3 is 19.8 Å². The van der Waals surface area contributed by atoms with Crippen LogP contribution in [-0.4, -0.2) is 32.8 Å². The Labute approximate surface area is 210 Å². The van der Waals surface area contributed by atoms with Crippen LogP contribution in [-0.2, 0) is 16.2 Å². The molecule has 0 bridgehead atoms. The minimum atomic E-state index is -0.755. The van der Waals surface area contributed by atoms with Gasteiger partial charge >= 0.3 is 0 Å². The van der Waals surface area contributed by atoms with E-state index in [0.29, 0.717) is 23.5 Å². The number of ketones is 1. The third-order valence-corrected chi connectivity index (χ3v) is 7.07. The van der Waals surface area contributed by atoms with E-state index < -0.39 is 17.7 Å². The lowest BCUT2D eigenvalue weighted by molar-refractivity contribution is -0.141. The molecular formula is C30H29NO5. The van der Waals surface area contributed by atoms with E-state index in [2.05, 4.69) is 0 Å². The van der Waals surface area contributed by atoms with Gasteiger partial charge in [-0.15, -0.1) is 0 Å². The number of benzene rings is 3. The van der Waals surface area contributed by atoms with Gasteiger partial charge in [-0.05, 0) is 66.8 Å². The molecule has 0 radical (unpaired) electrons. The van der Waals surface area contributed by atoms with Crippen molar-refractivity contribution in [1.29, 1.82) is 0 Å². The molecule has 0 aromatic heterocycles. The van der Waals surface area contributed by atoms with Gasteiger partial charge in [0.05, 0.1) is 11.6 Å². The van der Waals surface area contributed by atoms with Crippen LogP contribution in [0.1, 0.15) is 54.0 Å². The first-order chi connectivity index (χ1) is 17.4. The number of nitrogens with zero attached hydrogens (tertiary/aromatic N) is 1. The van der Waals surface area contributed by atoms with Gasteiger partial charge in [0.15, 0.2) is 0 Å². The average Bonchev–Trinajstić information content (AvgIpc) is 3.50. The number of Topliss-reactive ketones (excluding diaryl/α,β-unsaturated/α-hetero) is 1. The van der Waals surface area contributed by atoms with Crippen LogP contribution >= 0.6 is 0 Å². The molecule has 5 rings (SSSR count). The van der Waals surface area contributed by atoms with Crippen molar-refractivity contribution in [3.8, 4) is 11.5 Å². The van der Waals surface area contributed by atoms with E-state index in [1.165, 1.54) is 0 Å². The average molecular weight is 484 g/mol. The van der Waals surface area contributed by atoms with Crippen LogP contribution in [0.3, 0.4) is 0 Å². The highest BCUT2D eigenvalue weighted by atomic mass is 16.5. The number of likely N-dealkylation sites (tertiary alicyclic amines) is 1. The number of aromatic hydroxyl groups is 1. The van der Waals surface area contributed by atoms with E-state index in [4.69, 9.17) is 4.74 Å². The fraction of sp³-hybridized carbons (Fsp3) is 0.267. The maximum absolute atomic E-state index is 13.3. The molecule has 1 aliphatic heterocycles. The second-order valence-electron chi connectivity index (χ2n) is 9.49. The minimum Gasteiger partial charge on any atom is -0.508 e. The van der Waals surface area contributed by atoms with Crippen molar-refractivity contribution in [2.45, 2.75) is 51.3 Å². The standard InChI is InChI=1S/C30H29NO5/c1-19-16-22(14-15-25(19)36-18-20-8-3-2-4-9-20)28(33)26-27(21-10-7-13-24(32)17-21)31(30(35)29(26)34)23-11-5-6-12-23/h2-4,7-10,13-17,23,27,32-33H,5-6,11-12,18H2,1H3/b28-26-. The Morgan fingerprint density at radius 2 is 1.72 bits per heavy atom. The lowest BCUT2D eigenvalue weighted by atomic mass is 9.94. The van der Waals surface area contributed by atoms with Gasteiger partial charge in [-0.2, -0.15) is 0 Å². The molecule has 1 heterocycles. The first-order valence-corrected chi connectivity index (χ1v) is 12.3. The zero-order chi connectivity index (χ0) is 25.2. The van der Waals surface area contributed by atoms with Crippen LogP contribution < -0.4 is 4.74 Å². The Hall–Kier alpha value is -4.06. The van der Waals surface area contributed by atoms with E-state index in [9.17, 15) is 19.8 Å². The molecule has 6 heteroatoms. The fourth-order valence-electron chi connectivity index (χ4n) is 5.28. The van der Waals surface area contributed by atoms with E-state index in [-0.39, 0.29) is 23.1 Å². The number of hydrogen-bond acceptors (Lipinski definition) is 5. The van der Waals surface area contributed by atoms with Crippen LogP contribution in [0.25, 0.3) is 5.76 Å². The number of hydrogen-bond donors (Lipinski definition) is 2. The molecule has 1 amide bonds. The summed E-state index contributed by atoms with van der Waals surface area (Å²) in [5.41, 5.74) is 2.93. The number of phenolic OH excluding ortho intramolecular Hbond substituents is 1. The summed E-state index contributed by atoms with van der Waals surface area (Å²) >= 11 is 0. The Bertz CT molecular complexity index is 1320. The molecule has 0 spiro atoms. The maximum atomic E-state index is 13.3. The number of rotatable bonds is 6.